The Hall–Kier alpha value is -3.41. The summed E-state index contributed by atoms with van der Waals surface area (Å²) >= 11 is 0. The first-order valence-corrected chi connectivity index (χ1v) is 9.43. The van der Waals surface area contributed by atoms with E-state index in [1.165, 1.54) is 0 Å². The van der Waals surface area contributed by atoms with Crippen LogP contribution in [0.3, 0.4) is 0 Å². The van der Waals surface area contributed by atoms with Gasteiger partial charge in [0.15, 0.2) is 0 Å². The van der Waals surface area contributed by atoms with E-state index in [-0.39, 0.29) is 11.9 Å². The summed E-state index contributed by atoms with van der Waals surface area (Å²) in [5, 5.41) is 0.950. The molecule has 0 saturated carbocycles. The number of aromatic nitrogens is 3. The molecule has 1 saturated heterocycles. The van der Waals surface area contributed by atoms with Crippen molar-refractivity contribution in [1.29, 1.82) is 0 Å². The van der Waals surface area contributed by atoms with E-state index in [0.717, 1.165) is 46.4 Å². The number of hydrogen-bond acceptors (Lipinski definition) is 4. The summed E-state index contributed by atoms with van der Waals surface area (Å²) in [6, 6.07) is 17.3. The van der Waals surface area contributed by atoms with Gasteiger partial charge in [-0.15, -0.1) is 0 Å². The van der Waals surface area contributed by atoms with Crippen LogP contribution in [0.25, 0.3) is 21.9 Å². The molecule has 1 atom stereocenters. The SMILES string of the molecule is COc1ccc2nc(C(=O)N3CCCC3c3nc4ccccc4[nH]3)ccc2c1. The van der Waals surface area contributed by atoms with Crippen LogP contribution in [-0.4, -0.2) is 39.4 Å². The lowest BCUT2D eigenvalue weighted by atomic mass is 10.1. The Labute approximate surface area is 162 Å². The summed E-state index contributed by atoms with van der Waals surface area (Å²) in [6.45, 7) is 0.711. The molecular formula is C22H20N4O2. The van der Waals surface area contributed by atoms with E-state index in [0.29, 0.717) is 12.2 Å². The zero-order valence-electron chi connectivity index (χ0n) is 15.6. The van der Waals surface area contributed by atoms with Crippen molar-refractivity contribution in [3.63, 3.8) is 0 Å². The Morgan fingerprint density at radius 1 is 1.11 bits per heavy atom. The minimum Gasteiger partial charge on any atom is -0.497 e. The van der Waals surface area contributed by atoms with Crippen LogP contribution < -0.4 is 4.74 Å². The fraction of sp³-hybridized carbons (Fsp3) is 0.227. The van der Waals surface area contributed by atoms with Gasteiger partial charge in [-0.3, -0.25) is 4.79 Å². The second-order valence-corrected chi connectivity index (χ2v) is 7.05. The maximum atomic E-state index is 13.2. The fourth-order valence-electron chi connectivity index (χ4n) is 3.92. The molecule has 0 spiro atoms. The molecule has 1 fully saturated rings. The van der Waals surface area contributed by atoms with E-state index in [4.69, 9.17) is 9.72 Å². The number of nitrogens with one attached hydrogen (secondary N) is 1. The van der Waals surface area contributed by atoms with Crippen LogP contribution in [0.2, 0.25) is 0 Å². The molecule has 140 valence electrons. The molecule has 6 heteroatoms. The Kier molecular flexibility index (Phi) is 3.97. The molecule has 0 radical (unpaired) electrons. The van der Waals surface area contributed by atoms with E-state index in [1.807, 2.05) is 53.4 Å². The molecule has 28 heavy (non-hydrogen) atoms. The number of methoxy groups -OCH3 is 1. The number of aromatic amines is 1. The predicted molar refractivity (Wildman–Crippen MR) is 107 cm³/mol. The van der Waals surface area contributed by atoms with Gasteiger partial charge in [-0.2, -0.15) is 0 Å². The van der Waals surface area contributed by atoms with Crippen molar-refractivity contribution in [2.75, 3.05) is 13.7 Å². The Bertz CT molecular complexity index is 1150. The molecule has 2 aromatic heterocycles. The number of H-pyrrole nitrogens is 1. The third-order valence-electron chi connectivity index (χ3n) is 5.35. The molecule has 1 unspecified atom stereocenters. The van der Waals surface area contributed by atoms with Crippen LogP contribution in [0.4, 0.5) is 0 Å². The maximum absolute atomic E-state index is 13.2. The number of carbonyl (C=O) groups is 1. The molecule has 1 aliphatic heterocycles. The number of pyridine rings is 1. The number of hydrogen-bond donors (Lipinski definition) is 1. The van der Waals surface area contributed by atoms with Gasteiger partial charge >= 0.3 is 0 Å². The van der Waals surface area contributed by atoms with Gasteiger partial charge in [0.05, 0.1) is 29.7 Å². The van der Waals surface area contributed by atoms with Crippen molar-refractivity contribution < 1.29 is 9.53 Å². The Morgan fingerprint density at radius 2 is 2.00 bits per heavy atom. The number of fused-ring (bicyclic) bond motifs is 2. The van der Waals surface area contributed by atoms with Gasteiger partial charge < -0.3 is 14.6 Å². The molecule has 3 heterocycles. The normalized spacial score (nSPS) is 16.8. The van der Waals surface area contributed by atoms with E-state index in [9.17, 15) is 4.79 Å². The lowest BCUT2D eigenvalue weighted by Gasteiger charge is -2.23. The molecule has 1 N–H and O–H groups in total. The van der Waals surface area contributed by atoms with E-state index >= 15 is 0 Å². The second-order valence-electron chi connectivity index (χ2n) is 7.05. The van der Waals surface area contributed by atoms with Crippen LogP contribution in [-0.2, 0) is 0 Å². The first-order valence-electron chi connectivity index (χ1n) is 9.43. The molecule has 1 aliphatic rings. The fourth-order valence-corrected chi connectivity index (χ4v) is 3.92. The highest BCUT2D eigenvalue weighted by Crippen LogP contribution is 2.32. The smallest absolute Gasteiger partial charge is 0.273 e. The Morgan fingerprint density at radius 3 is 2.86 bits per heavy atom. The summed E-state index contributed by atoms with van der Waals surface area (Å²) in [6.07, 6.45) is 1.86. The van der Waals surface area contributed by atoms with Crippen LogP contribution in [0.1, 0.15) is 35.2 Å². The van der Waals surface area contributed by atoms with Crippen molar-refractivity contribution in [2.45, 2.75) is 18.9 Å². The zero-order chi connectivity index (χ0) is 19.1. The lowest BCUT2D eigenvalue weighted by molar-refractivity contribution is 0.0725. The number of amides is 1. The highest BCUT2D eigenvalue weighted by atomic mass is 16.5. The topological polar surface area (TPSA) is 71.1 Å². The highest BCUT2D eigenvalue weighted by Gasteiger charge is 2.33. The van der Waals surface area contributed by atoms with Crippen molar-refractivity contribution in [3.8, 4) is 5.75 Å². The molecule has 6 nitrogen and oxygen atoms in total. The van der Waals surface area contributed by atoms with Gasteiger partial charge in [0, 0.05) is 11.9 Å². The Balaban J connectivity index is 1.47. The van der Waals surface area contributed by atoms with Crippen LogP contribution in [0.5, 0.6) is 5.75 Å². The summed E-state index contributed by atoms with van der Waals surface area (Å²) in [5.41, 5.74) is 3.16. The molecule has 5 rings (SSSR count). The number of para-hydroxylation sites is 2. The largest absolute Gasteiger partial charge is 0.497 e. The monoisotopic (exact) mass is 372 g/mol. The maximum Gasteiger partial charge on any atom is 0.273 e. The van der Waals surface area contributed by atoms with Crippen LogP contribution in [0, 0.1) is 0 Å². The molecule has 1 amide bonds. The van der Waals surface area contributed by atoms with Crippen molar-refractivity contribution in [2.24, 2.45) is 0 Å². The number of nitrogens with zero attached hydrogens (tertiary/aromatic N) is 3. The first-order chi connectivity index (χ1) is 13.7. The van der Waals surface area contributed by atoms with Crippen molar-refractivity contribution in [1.82, 2.24) is 19.9 Å². The standard InChI is InChI=1S/C22H20N4O2/c1-28-15-9-11-16-14(13-15)8-10-19(23-16)22(27)26-12-4-7-20(26)21-24-17-5-2-3-6-18(17)25-21/h2-3,5-6,8-11,13,20H,4,7,12H2,1H3,(H,24,25). The van der Waals surface area contributed by atoms with E-state index in [1.54, 1.807) is 13.2 Å². The minimum absolute atomic E-state index is 0.0479. The van der Waals surface area contributed by atoms with E-state index < -0.39 is 0 Å². The number of rotatable bonds is 3. The van der Waals surface area contributed by atoms with Gasteiger partial charge in [0.2, 0.25) is 0 Å². The van der Waals surface area contributed by atoms with Gasteiger partial charge in [-0.25, -0.2) is 9.97 Å². The van der Waals surface area contributed by atoms with E-state index in [2.05, 4.69) is 9.97 Å². The molecular weight excluding hydrogens is 352 g/mol. The zero-order valence-corrected chi connectivity index (χ0v) is 15.6. The minimum atomic E-state index is -0.0549. The van der Waals surface area contributed by atoms with Gasteiger partial charge in [0.1, 0.15) is 17.3 Å². The van der Waals surface area contributed by atoms with Gasteiger partial charge in [-0.05, 0) is 49.2 Å². The quantitative estimate of drug-likeness (QED) is 0.588. The highest BCUT2D eigenvalue weighted by molar-refractivity contribution is 5.95. The molecule has 0 bridgehead atoms. The summed E-state index contributed by atoms with van der Waals surface area (Å²) in [7, 11) is 1.64. The molecule has 4 aromatic rings. The summed E-state index contributed by atoms with van der Waals surface area (Å²) < 4.78 is 5.26. The third kappa shape index (κ3) is 2.78. The van der Waals surface area contributed by atoms with Gasteiger partial charge in [0.25, 0.3) is 5.91 Å². The predicted octanol–water partition coefficient (Wildman–Crippen LogP) is 4.10. The number of benzene rings is 2. The average molecular weight is 372 g/mol. The summed E-state index contributed by atoms with van der Waals surface area (Å²) in [5.74, 6) is 1.57. The third-order valence-corrected chi connectivity index (χ3v) is 5.35. The number of ether oxygens (including phenoxy) is 1. The number of likely N-dealkylation sites (tertiary alicyclic amines) is 1. The van der Waals surface area contributed by atoms with Crippen molar-refractivity contribution >= 4 is 27.8 Å². The first kappa shape index (κ1) is 16.7. The molecule has 2 aromatic carbocycles. The van der Waals surface area contributed by atoms with Gasteiger partial charge in [-0.1, -0.05) is 18.2 Å². The van der Waals surface area contributed by atoms with Crippen LogP contribution >= 0.6 is 0 Å². The lowest BCUT2D eigenvalue weighted by Crippen LogP contribution is -2.31. The van der Waals surface area contributed by atoms with Crippen molar-refractivity contribution in [3.05, 3.63) is 66.1 Å². The molecule has 0 aliphatic carbocycles. The summed E-state index contributed by atoms with van der Waals surface area (Å²) in [4.78, 5) is 27.8. The second kappa shape index (κ2) is 6.64. The number of carbonyl (C=O) groups excluding carboxylic acids is 1. The number of imidazole rings is 1. The van der Waals surface area contributed by atoms with Crippen LogP contribution in [0.15, 0.2) is 54.6 Å². The average Bonchev–Trinajstić information content (AvgIpc) is 3.39.